The lowest BCUT2D eigenvalue weighted by atomic mass is 10.2. The standard InChI is InChI=1S/C11H13N3O/c1-9-12-8-13-14(9)7-10-3-5-11(15-2)6-4-10/h3-6,8H,7H2,1-2H3. The Morgan fingerprint density at radius 2 is 2.00 bits per heavy atom. The van der Waals surface area contributed by atoms with Crippen LogP contribution in [0.25, 0.3) is 0 Å². The molecular formula is C11H13N3O. The van der Waals surface area contributed by atoms with Crippen LogP contribution in [0.2, 0.25) is 0 Å². The average Bonchev–Trinajstić information content (AvgIpc) is 2.66. The third kappa shape index (κ3) is 2.15. The van der Waals surface area contributed by atoms with E-state index in [0.717, 1.165) is 18.1 Å². The van der Waals surface area contributed by atoms with Gasteiger partial charge in [-0.2, -0.15) is 5.10 Å². The highest BCUT2D eigenvalue weighted by molar-refractivity contribution is 5.27. The van der Waals surface area contributed by atoms with Crippen LogP contribution in [0.3, 0.4) is 0 Å². The lowest BCUT2D eigenvalue weighted by Crippen LogP contribution is -2.03. The zero-order valence-corrected chi connectivity index (χ0v) is 8.84. The van der Waals surface area contributed by atoms with E-state index in [-0.39, 0.29) is 0 Å². The zero-order chi connectivity index (χ0) is 10.7. The minimum absolute atomic E-state index is 0.746. The molecule has 0 N–H and O–H groups in total. The van der Waals surface area contributed by atoms with Gasteiger partial charge in [-0.15, -0.1) is 0 Å². The van der Waals surface area contributed by atoms with E-state index in [9.17, 15) is 0 Å². The van der Waals surface area contributed by atoms with Crippen LogP contribution in [0.1, 0.15) is 11.4 Å². The minimum Gasteiger partial charge on any atom is -0.497 e. The van der Waals surface area contributed by atoms with Gasteiger partial charge in [0.15, 0.2) is 0 Å². The van der Waals surface area contributed by atoms with E-state index in [1.54, 1.807) is 13.4 Å². The molecule has 0 saturated carbocycles. The molecule has 0 fully saturated rings. The number of aromatic nitrogens is 3. The summed E-state index contributed by atoms with van der Waals surface area (Å²) in [5, 5.41) is 4.13. The summed E-state index contributed by atoms with van der Waals surface area (Å²) in [6.45, 7) is 2.69. The van der Waals surface area contributed by atoms with E-state index in [4.69, 9.17) is 4.74 Å². The summed E-state index contributed by atoms with van der Waals surface area (Å²) < 4.78 is 6.96. The molecule has 2 rings (SSSR count). The Labute approximate surface area is 88.5 Å². The van der Waals surface area contributed by atoms with Crippen molar-refractivity contribution in [1.82, 2.24) is 14.8 Å². The predicted octanol–water partition coefficient (Wildman–Crippen LogP) is 1.64. The molecule has 4 nitrogen and oxygen atoms in total. The number of nitrogens with zero attached hydrogens (tertiary/aromatic N) is 3. The number of methoxy groups -OCH3 is 1. The molecule has 0 spiro atoms. The SMILES string of the molecule is COc1ccc(Cn2ncnc2C)cc1. The van der Waals surface area contributed by atoms with Crippen molar-refractivity contribution in [3.05, 3.63) is 42.0 Å². The largest absolute Gasteiger partial charge is 0.497 e. The lowest BCUT2D eigenvalue weighted by molar-refractivity contribution is 0.414. The fraction of sp³-hybridized carbons (Fsp3) is 0.273. The lowest BCUT2D eigenvalue weighted by Gasteiger charge is -2.04. The Balaban J connectivity index is 2.14. The molecule has 2 aromatic rings. The van der Waals surface area contributed by atoms with Crippen LogP contribution in [0.15, 0.2) is 30.6 Å². The van der Waals surface area contributed by atoms with Crippen molar-refractivity contribution in [2.75, 3.05) is 7.11 Å². The first-order valence-corrected chi connectivity index (χ1v) is 4.77. The minimum atomic E-state index is 0.746. The average molecular weight is 203 g/mol. The maximum absolute atomic E-state index is 5.09. The van der Waals surface area contributed by atoms with E-state index in [2.05, 4.69) is 10.1 Å². The van der Waals surface area contributed by atoms with Crippen LogP contribution >= 0.6 is 0 Å². The maximum atomic E-state index is 5.09. The van der Waals surface area contributed by atoms with Gasteiger partial charge in [0.2, 0.25) is 0 Å². The number of aryl methyl sites for hydroxylation is 1. The van der Waals surface area contributed by atoms with Gasteiger partial charge in [0.05, 0.1) is 13.7 Å². The number of rotatable bonds is 3. The van der Waals surface area contributed by atoms with Crippen molar-refractivity contribution in [2.24, 2.45) is 0 Å². The summed E-state index contributed by atoms with van der Waals surface area (Å²) >= 11 is 0. The highest BCUT2D eigenvalue weighted by atomic mass is 16.5. The molecule has 15 heavy (non-hydrogen) atoms. The summed E-state index contributed by atoms with van der Waals surface area (Å²) in [5.74, 6) is 1.79. The summed E-state index contributed by atoms with van der Waals surface area (Å²) in [4.78, 5) is 4.07. The van der Waals surface area contributed by atoms with Crippen LogP contribution in [-0.2, 0) is 6.54 Å². The van der Waals surface area contributed by atoms with Gasteiger partial charge in [0.25, 0.3) is 0 Å². The number of ether oxygens (including phenoxy) is 1. The predicted molar refractivity (Wildman–Crippen MR) is 56.9 cm³/mol. The Bertz CT molecular complexity index is 433. The summed E-state index contributed by atoms with van der Waals surface area (Å²) in [6.07, 6.45) is 1.57. The fourth-order valence-corrected chi connectivity index (χ4v) is 1.38. The molecule has 0 aliphatic rings. The highest BCUT2D eigenvalue weighted by Crippen LogP contribution is 2.12. The molecule has 0 atom stereocenters. The molecule has 0 aliphatic heterocycles. The fourth-order valence-electron chi connectivity index (χ4n) is 1.38. The number of hydrogen-bond acceptors (Lipinski definition) is 3. The van der Waals surface area contributed by atoms with Crippen molar-refractivity contribution in [2.45, 2.75) is 13.5 Å². The topological polar surface area (TPSA) is 39.9 Å². The second kappa shape index (κ2) is 4.13. The van der Waals surface area contributed by atoms with Gasteiger partial charge < -0.3 is 4.74 Å². The highest BCUT2D eigenvalue weighted by Gasteiger charge is 2.00. The molecule has 0 unspecified atom stereocenters. The Morgan fingerprint density at radius 3 is 2.53 bits per heavy atom. The summed E-state index contributed by atoms with van der Waals surface area (Å²) in [7, 11) is 1.66. The monoisotopic (exact) mass is 203 g/mol. The van der Waals surface area contributed by atoms with Crippen LogP contribution in [-0.4, -0.2) is 21.9 Å². The molecule has 1 aromatic carbocycles. The molecule has 4 heteroatoms. The number of benzene rings is 1. The van der Waals surface area contributed by atoms with Crippen molar-refractivity contribution in [3.63, 3.8) is 0 Å². The van der Waals surface area contributed by atoms with Gasteiger partial charge in [-0.3, -0.25) is 0 Å². The molecule has 0 saturated heterocycles. The third-order valence-electron chi connectivity index (χ3n) is 2.30. The van der Waals surface area contributed by atoms with E-state index in [0.29, 0.717) is 0 Å². The number of hydrogen-bond donors (Lipinski definition) is 0. The summed E-state index contributed by atoms with van der Waals surface area (Å²) in [5.41, 5.74) is 1.18. The molecule has 0 aliphatic carbocycles. The van der Waals surface area contributed by atoms with Crippen molar-refractivity contribution < 1.29 is 4.74 Å². The van der Waals surface area contributed by atoms with Crippen molar-refractivity contribution in [3.8, 4) is 5.75 Å². The molecule has 78 valence electrons. The Morgan fingerprint density at radius 1 is 1.27 bits per heavy atom. The van der Waals surface area contributed by atoms with Crippen LogP contribution < -0.4 is 4.74 Å². The second-order valence-corrected chi connectivity index (χ2v) is 3.31. The van der Waals surface area contributed by atoms with Gasteiger partial charge in [-0.05, 0) is 24.6 Å². The Kier molecular flexibility index (Phi) is 2.67. The van der Waals surface area contributed by atoms with E-state index >= 15 is 0 Å². The zero-order valence-electron chi connectivity index (χ0n) is 8.84. The molecular weight excluding hydrogens is 190 g/mol. The first-order chi connectivity index (χ1) is 7.29. The van der Waals surface area contributed by atoms with E-state index in [1.807, 2.05) is 35.9 Å². The van der Waals surface area contributed by atoms with Crippen LogP contribution in [0, 0.1) is 6.92 Å². The molecule has 0 radical (unpaired) electrons. The molecule has 0 bridgehead atoms. The third-order valence-corrected chi connectivity index (χ3v) is 2.30. The van der Waals surface area contributed by atoms with Crippen LogP contribution in [0.5, 0.6) is 5.75 Å². The quantitative estimate of drug-likeness (QED) is 0.761. The molecule has 0 amide bonds. The van der Waals surface area contributed by atoms with Crippen molar-refractivity contribution in [1.29, 1.82) is 0 Å². The van der Waals surface area contributed by atoms with Gasteiger partial charge in [0.1, 0.15) is 17.9 Å². The molecule has 1 aromatic heterocycles. The van der Waals surface area contributed by atoms with E-state index in [1.165, 1.54) is 5.56 Å². The summed E-state index contributed by atoms with van der Waals surface area (Å²) in [6, 6.07) is 7.95. The smallest absolute Gasteiger partial charge is 0.138 e. The van der Waals surface area contributed by atoms with Crippen LogP contribution in [0.4, 0.5) is 0 Å². The van der Waals surface area contributed by atoms with Gasteiger partial charge >= 0.3 is 0 Å². The van der Waals surface area contributed by atoms with E-state index < -0.39 is 0 Å². The first kappa shape index (κ1) is 9.71. The van der Waals surface area contributed by atoms with Gasteiger partial charge in [0, 0.05) is 0 Å². The normalized spacial score (nSPS) is 10.3. The Hall–Kier alpha value is -1.84. The molecule has 1 heterocycles. The van der Waals surface area contributed by atoms with Gasteiger partial charge in [-0.25, -0.2) is 9.67 Å². The first-order valence-electron chi connectivity index (χ1n) is 4.77. The van der Waals surface area contributed by atoms with Crippen molar-refractivity contribution >= 4 is 0 Å². The maximum Gasteiger partial charge on any atom is 0.138 e. The second-order valence-electron chi connectivity index (χ2n) is 3.31. The van der Waals surface area contributed by atoms with Gasteiger partial charge in [-0.1, -0.05) is 12.1 Å².